The molecule has 4 unspecified atom stereocenters. The van der Waals surface area contributed by atoms with E-state index < -0.39 is 32.7 Å². The Balaban J connectivity index is 4.15. The number of aliphatic hydroxyl groups is 2. The molecule has 0 aromatic heterocycles. The van der Waals surface area contributed by atoms with Crippen LogP contribution in [0.2, 0.25) is 0 Å². The van der Waals surface area contributed by atoms with Crippen LogP contribution >= 0.6 is 7.82 Å². The number of unbranched alkanes of at least 4 members (excludes halogenated alkanes) is 33. The fourth-order valence-electron chi connectivity index (χ4n) is 8.32. The third kappa shape index (κ3) is 47.8. The zero-order valence-corrected chi connectivity index (χ0v) is 44.5. The highest BCUT2D eigenvalue weighted by Gasteiger charge is 2.31. The number of phosphoric acid groups is 1. The number of carbonyl (C=O) groups excluding carboxylic acids is 1. The van der Waals surface area contributed by atoms with Gasteiger partial charge in [-0.05, 0) is 64.2 Å². The SMILES string of the molecule is CCCCCCCCC/C=C/CCCC(O)C(O)C(COP(=O)(O)OCC[N+](C)(C)C)NC(=O)CCCCCCCCCCCCCCCCCCC/C=C\CCCCCCCCCC. The van der Waals surface area contributed by atoms with Crippen molar-refractivity contribution in [2.45, 2.75) is 283 Å². The highest BCUT2D eigenvalue weighted by Crippen LogP contribution is 2.43. The van der Waals surface area contributed by atoms with Crippen molar-refractivity contribution < 1.29 is 38.0 Å². The number of hydrogen-bond acceptors (Lipinski definition) is 6. The average Bonchev–Trinajstić information content (AvgIpc) is 3.26. The van der Waals surface area contributed by atoms with Crippen molar-refractivity contribution in [1.82, 2.24) is 5.32 Å². The quantitative estimate of drug-likeness (QED) is 0.0207. The van der Waals surface area contributed by atoms with Crippen LogP contribution in [-0.2, 0) is 18.4 Å². The Morgan fingerprint density at radius 1 is 0.523 bits per heavy atom. The molecule has 0 aliphatic carbocycles. The minimum Gasteiger partial charge on any atom is -0.390 e. The van der Waals surface area contributed by atoms with Crippen LogP contribution in [0.25, 0.3) is 0 Å². The zero-order valence-electron chi connectivity index (χ0n) is 43.6. The monoisotopic (exact) mass is 942 g/mol. The number of carbonyl (C=O) groups is 1. The van der Waals surface area contributed by atoms with Crippen molar-refractivity contribution in [1.29, 1.82) is 0 Å². The summed E-state index contributed by atoms with van der Waals surface area (Å²) in [7, 11) is 1.43. The van der Waals surface area contributed by atoms with Gasteiger partial charge in [0.2, 0.25) is 5.91 Å². The number of hydrogen-bond donors (Lipinski definition) is 4. The van der Waals surface area contributed by atoms with E-state index in [4.69, 9.17) is 9.05 Å². The Bertz CT molecular complexity index is 1130. The van der Waals surface area contributed by atoms with Gasteiger partial charge in [-0.25, -0.2) is 4.57 Å². The maximum atomic E-state index is 13.0. The standard InChI is InChI=1S/C55H109N2O7P/c1-6-8-10-12-14-16-18-20-21-22-23-24-25-26-27-28-29-30-31-32-33-34-35-36-38-40-42-44-46-48-54(59)56-52(51-64-65(61,62)63-50-49-57(3,4)5)55(60)53(58)47-45-43-41-39-37-19-17-15-13-11-9-7-2/h22-23,39,41,52-53,55,58,60H,6-21,24-38,40,42-51H2,1-5H3,(H-,56,59,61,62)/p+1/b23-22-,41-39+. The molecular weight excluding hydrogens is 832 g/mol. The molecule has 0 radical (unpaired) electrons. The first-order valence-electron chi connectivity index (χ1n) is 27.8. The third-order valence-electron chi connectivity index (χ3n) is 12.8. The molecule has 0 aromatic carbocycles. The molecule has 0 bridgehead atoms. The summed E-state index contributed by atoms with van der Waals surface area (Å²) < 4.78 is 23.6. The lowest BCUT2D eigenvalue weighted by atomic mass is 10.0. The average molecular weight is 942 g/mol. The molecule has 386 valence electrons. The van der Waals surface area contributed by atoms with Crippen molar-refractivity contribution in [2.24, 2.45) is 0 Å². The summed E-state index contributed by atoms with van der Waals surface area (Å²) in [6.45, 7) is 4.60. The van der Waals surface area contributed by atoms with Gasteiger partial charge in [0, 0.05) is 6.42 Å². The van der Waals surface area contributed by atoms with Gasteiger partial charge in [0.15, 0.2) is 0 Å². The highest BCUT2D eigenvalue weighted by molar-refractivity contribution is 7.47. The number of amides is 1. The van der Waals surface area contributed by atoms with Crippen LogP contribution in [0.3, 0.4) is 0 Å². The predicted octanol–water partition coefficient (Wildman–Crippen LogP) is 15.4. The lowest BCUT2D eigenvalue weighted by molar-refractivity contribution is -0.870. The van der Waals surface area contributed by atoms with Gasteiger partial charge in [-0.1, -0.05) is 218 Å². The number of rotatable bonds is 51. The fraction of sp³-hybridized carbons (Fsp3) is 0.909. The third-order valence-corrected chi connectivity index (χ3v) is 13.7. The molecule has 0 spiro atoms. The van der Waals surface area contributed by atoms with Crippen LogP contribution in [0, 0.1) is 0 Å². The number of quaternary nitrogens is 1. The lowest BCUT2D eigenvalue weighted by Crippen LogP contribution is -2.51. The fourth-order valence-corrected chi connectivity index (χ4v) is 9.05. The van der Waals surface area contributed by atoms with Crippen LogP contribution in [0.5, 0.6) is 0 Å². The Morgan fingerprint density at radius 2 is 0.862 bits per heavy atom. The molecule has 0 saturated heterocycles. The Kier molecular flexibility index (Phi) is 45.9. The van der Waals surface area contributed by atoms with E-state index in [1.807, 2.05) is 21.1 Å². The largest absolute Gasteiger partial charge is 0.472 e. The van der Waals surface area contributed by atoms with Crippen molar-refractivity contribution >= 4 is 13.7 Å². The van der Waals surface area contributed by atoms with Crippen LogP contribution in [0.1, 0.15) is 264 Å². The van der Waals surface area contributed by atoms with E-state index >= 15 is 0 Å². The first-order chi connectivity index (χ1) is 31.4. The molecule has 0 aromatic rings. The Hall–Kier alpha value is -1.06. The van der Waals surface area contributed by atoms with Crippen LogP contribution in [0.4, 0.5) is 0 Å². The first kappa shape index (κ1) is 63.9. The van der Waals surface area contributed by atoms with E-state index in [-0.39, 0.29) is 18.9 Å². The van der Waals surface area contributed by atoms with E-state index in [9.17, 15) is 24.5 Å². The summed E-state index contributed by atoms with van der Waals surface area (Å²) in [5, 5.41) is 24.7. The molecule has 65 heavy (non-hydrogen) atoms. The first-order valence-corrected chi connectivity index (χ1v) is 29.3. The normalized spacial score (nSPS) is 14.6. The van der Waals surface area contributed by atoms with Crippen LogP contribution in [0.15, 0.2) is 24.3 Å². The maximum Gasteiger partial charge on any atom is 0.472 e. The zero-order chi connectivity index (χ0) is 48.0. The molecule has 0 saturated carbocycles. The van der Waals surface area contributed by atoms with E-state index in [0.717, 1.165) is 32.1 Å². The van der Waals surface area contributed by atoms with Gasteiger partial charge < -0.3 is 24.9 Å². The van der Waals surface area contributed by atoms with Crippen molar-refractivity contribution in [2.75, 3.05) is 40.9 Å². The Labute approximate surface area is 403 Å². The van der Waals surface area contributed by atoms with Gasteiger partial charge in [-0.3, -0.25) is 13.8 Å². The minimum absolute atomic E-state index is 0.0182. The number of phosphoric ester groups is 1. The second kappa shape index (κ2) is 46.7. The van der Waals surface area contributed by atoms with E-state index in [1.54, 1.807) is 0 Å². The van der Waals surface area contributed by atoms with Gasteiger partial charge in [0.1, 0.15) is 19.3 Å². The van der Waals surface area contributed by atoms with E-state index in [0.29, 0.717) is 23.9 Å². The molecule has 0 aliphatic heterocycles. The summed E-state index contributed by atoms with van der Waals surface area (Å²) in [5.74, 6) is -0.264. The molecule has 9 nitrogen and oxygen atoms in total. The lowest BCUT2D eigenvalue weighted by Gasteiger charge is -2.28. The summed E-state index contributed by atoms with van der Waals surface area (Å²) in [4.78, 5) is 23.3. The van der Waals surface area contributed by atoms with Crippen molar-refractivity contribution in [3.05, 3.63) is 24.3 Å². The number of nitrogens with zero attached hydrogens (tertiary/aromatic N) is 1. The van der Waals surface area contributed by atoms with Gasteiger partial charge in [0.05, 0.1) is 39.9 Å². The summed E-state index contributed by atoms with van der Waals surface area (Å²) in [5.41, 5.74) is 0. The minimum atomic E-state index is -4.42. The van der Waals surface area contributed by atoms with E-state index in [2.05, 4.69) is 43.5 Å². The van der Waals surface area contributed by atoms with Gasteiger partial charge in [0.25, 0.3) is 0 Å². The second-order valence-electron chi connectivity index (χ2n) is 20.4. The Morgan fingerprint density at radius 3 is 1.23 bits per heavy atom. The van der Waals surface area contributed by atoms with Crippen LogP contribution in [-0.4, -0.2) is 84.6 Å². The molecule has 1 amide bonds. The highest BCUT2D eigenvalue weighted by atomic mass is 31.2. The summed E-state index contributed by atoms with van der Waals surface area (Å²) in [6.07, 6.45) is 54.2. The second-order valence-corrected chi connectivity index (χ2v) is 21.9. The molecule has 0 fully saturated rings. The van der Waals surface area contributed by atoms with Gasteiger partial charge in [-0.2, -0.15) is 0 Å². The van der Waals surface area contributed by atoms with Crippen LogP contribution < -0.4 is 5.32 Å². The van der Waals surface area contributed by atoms with Gasteiger partial charge in [-0.15, -0.1) is 0 Å². The molecule has 0 rings (SSSR count). The number of nitrogens with one attached hydrogen (secondary N) is 1. The number of allylic oxidation sites excluding steroid dienone is 4. The number of aliphatic hydroxyl groups excluding tert-OH is 2. The summed E-state index contributed by atoms with van der Waals surface area (Å²) >= 11 is 0. The molecule has 10 heteroatoms. The smallest absolute Gasteiger partial charge is 0.390 e. The van der Waals surface area contributed by atoms with Crippen molar-refractivity contribution in [3.63, 3.8) is 0 Å². The molecule has 4 atom stereocenters. The summed E-state index contributed by atoms with van der Waals surface area (Å²) in [6, 6.07) is -1.05. The van der Waals surface area contributed by atoms with Crippen molar-refractivity contribution in [3.8, 4) is 0 Å². The molecular formula is C55H110N2O7P+. The topological polar surface area (TPSA) is 125 Å². The molecule has 4 N–H and O–H groups in total. The predicted molar refractivity (Wildman–Crippen MR) is 278 cm³/mol. The van der Waals surface area contributed by atoms with E-state index in [1.165, 1.54) is 199 Å². The molecule has 0 aliphatic rings. The molecule has 0 heterocycles. The van der Waals surface area contributed by atoms with Gasteiger partial charge >= 0.3 is 7.82 Å². The number of likely N-dealkylation sites (N-methyl/N-ethyl adjacent to an activating group) is 1. The maximum absolute atomic E-state index is 13.0.